The fraction of sp³-hybridized carbons (Fsp3) is 0.579. The highest BCUT2D eigenvalue weighted by Crippen LogP contribution is 2.46. The third-order valence-corrected chi connectivity index (χ3v) is 12.4. The van der Waals surface area contributed by atoms with Gasteiger partial charge in [0.25, 0.3) is 11.4 Å². The molecule has 2 aliphatic carbocycles. The number of nitro groups is 2. The summed E-state index contributed by atoms with van der Waals surface area (Å²) in [5, 5.41) is 32.9. The second kappa shape index (κ2) is 23.9. The minimum Gasteiger partial charge on any atom is -0.481 e. The Kier molecular flexibility index (Phi) is 21.2. The Morgan fingerprint density at radius 2 is 1.12 bits per heavy atom. The van der Waals surface area contributed by atoms with Gasteiger partial charge in [-0.1, -0.05) is 37.1 Å². The third kappa shape index (κ3) is 17.5. The number of nitrogens with zero attached hydrogens (tertiary/aromatic N) is 2. The van der Waals surface area contributed by atoms with Gasteiger partial charge in [-0.2, -0.15) is 0 Å². The lowest BCUT2D eigenvalue weighted by atomic mass is 9.65. The summed E-state index contributed by atoms with van der Waals surface area (Å²) < 4.78 is 53.7. The van der Waals surface area contributed by atoms with E-state index >= 15 is 0 Å². The summed E-state index contributed by atoms with van der Waals surface area (Å²) in [6.07, 6.45) is 9.08. The van der Waals surface area contributed by atoms with Gasteiger partial charge in [-0.25, -0.2) is 21.6 Å². The van der Waals surface area contributed by atoms with E-state index in [0.717, 1.165) is 24.7 Å². The van der Waals surface area contributed by atoms with E-state index in [9.17, 15) is 56.2 Å². The zero-order valence-corrected chi connectivity index (χ0v) is 36.5. The average Bonchev–Trinajstić information content (AvgIpc) is 3.12. The molecule has 0 radical (unpaired) electrons. The van der Waals surface area contributed by atoms with Crippen molar-refractivity contribution in [3.05, 3.63) is 79.9 Å². The van der Waals surface area contributed by atoms with Crippen LogP contribution in [-0.2, 0) is 61.2 Å². The lowest BCUT2D eigenvalue weighted by Crippen LogP contribution is -2.52. The fourth-order valence-electron chi connectivity index (χ4n) is 6.59. The second-order valence-electron chi connectivity index (χ2n) is 15.0. The maximum Gasteiger partial charge on any atom is 0.328 e. The van der Waals surface area contributed by atoms with Crippen LogP contribution in [0, 0.1) is 31.1 Å². The summed E-state index contributed by atoms with van der Waals surface area (Å²) in [4.78, 5) is 67.2. The van der Waals surface area contributed by atoms with E-state index in [4.69, 9.17) is 15.6 Å². The predicted molar refractivity (Wildman–Crippen MR) is 223 cm³/mol. The molecule has 0 heterocycles. The number of aliphatic carboxylic acids is 1. The summed E-state index contributed by atoms with van der Waals surface area (Å²) in [6, 6.07) is 9.96. The number of esters is 2. The Morgan fingerprint density at radius 3 is 1.43 bits per heavy atom. The Labute approximate surface area is 355 Å². The van der Waals surface area contributed by atoms with Gasteiger partial charge in [0.2, 0.25) is 5.91 Å². The highest BCUT2D eigenvalue weighted by atomic mass is 35.5. The molecule has 0 spiro atoms. The van der Waals surface area contributed by atoms with Crippen molar-refractivity contribution < 1.29 is 60.4 Å². The zero-order valence-electron chi connectivity index (χ0n) is 34.0. The predicted octanol–water partition coefficient (Wildman–Crippen LogP) is 3.92. The standard InChI is InChI=1S/C19H26N2O7S.C10H12N2O4.C9H16O4S.ClH/c1-28-17(22)16(13-14-5-7-15(8-6-14)21(24)25)20-18(23)19(9-3-10-19)11-4-12-29(2,26)27;1-16-10(13)9(11)6-7-2-4-8(5-3-7)12(14)15;1-14(12,13)7-3-6-9(8(10)11)4-2-5-9;/h5-8,16H,3-4,9-13H2,1-2H3,(H,20,23);2-5,9H,6,11H2,1H3;2-7H2,1H3,(H,10,11);1H/t16-;;;/m0.../s1. The lowest BCUT2D eigenvalue weighted by molar-refractivity contribution is -0.385. The van der Waals surface area contributed by atoms with Crippen molar-refractivity contribution in [3.8, 4) is 0 Å². The molecule has 2 atom stereocenters. The number of carbonyl (C=O) groups excluding carboxylic acids is 3. The van der Waals surface area contributed by atoms with Gasteiger partial charge < -0.3 is 25.6 Å². The molecule has 4 rings (SSSR count). The second-order valence-corrected chi connectivity index (χ2v) is 19.5. The number of sulfone groups is 2. The van der Waals surface area contributed by atoms with Crippen molar-refractivity contribution in [2.24, 2.45) is 16.6 Å². The molecule has 1 unspecified atom stereocenters. The molecule has 19 nitrogen and oxygen atoms in total. The van der Waals surface area contributed by atoms with Gasteiger partial charge in [-0.15, -0.1) is 12.4 Å². The average molecular weight is 907 g/mol. The third-order valence-electron chi connectivity index (χ3n) is 10.4. The summed E-state index contributed by atoms with van der Waals surface area (Å²) in [5.41, 5.74) is 5.63. The first-order chi connectivity index (χ1) is 27.5. The number of ether oxygens (including phenoxy) is 2. The van der Waals surface area contributed by atoms with Crippen molar-refractivity contribution in [1.82, 2.24) is 5.32 Å². The minimum atomic E-state index is -3.10. The number of hydrogen-bond donors (Lipinski definition) is 3. The smallest absolute Gasteiger partial charge is 0.328 e. The molecule has 2 aromatic carbocycles. The molecule has 60 heavy (non-hydrogen) atoms. The molecule has 0 aliphatic heterocycles. The number of nitro benzene ring substituents is 2. The van der Waals surface area contributed by atoms with Crippen molar-refractivity contribution in [2.75, 3.05) is 38.2 Å². The number of carboxylic acid groups (broad SMARTS) is 1. The first-order valence-electron chi connectivity index (χ1n) is 18.7. The van der Waals surface area contributed by atoms with Crippen LogP contribution in [0.15, 0.2) is 48.5 Å². The molecule has 2 aromatic rings. The van der Waals surface area contributed by atoms with Crippen LogP contribution in [0.5, 0.6) is 0 Å². The first kappa shape index (κ1) is 53.3. The van der Waals surface area contributed by atoms with Crippen molar-refractivity contribution >= 4 is 67.3 Å². The van der Waals surface area contributed by atoms with Crippen molar-refractivity contribution in [1.29, 1.82) is 0 Å². The van der Waals surface area contributed by atoms with Crippen molar-refractivity contribution in [2.45, 2.75) is 89.1 Å². The number of amides is 1. The molecule has 1 amide bonds. The number of carbonyl (C=O) groups is 4. The molecule has 4 N–H and O–H groups in total. The molecule has 2 fully saturated rings. The number of rotatable bonds is 19. The van der Waals surface area contributed by atoms with Crippen LogP contribution in [0.2, 0.25) is 0 Å². The summed E-state index contributed by atoms with van der Waals surface area (Å²) >= 11 is 0. The number of methoxy groups -OCH3 is 2. The molecule has 2 saturated carbocycles. The number of hydrogen-bond acceptors (Lipinski definition) is 15. The minimum absolute atomic E-state index is 0. The van der Waals surface area contributed by atoms with E-state index in [1.54, 1.807) is 12.1 Å². The Bertz CT molecular complexity index is 2010. The maximum absolute atomic E-state index is 12.9. The van der Waals surface area contributed by atoms with Gasteiger partial charge in [0.15, 0.2) is 0 Å². The summed E-state index contributed by atoms with van der Waals surface area (Å²) in [7, 11) is -3.56. The van der Waals surface area contributed by atoms with E-state index < -0.39 is 70.3 Å². The van der Waals surface area contributed by atoms with Crippen LogP contribution < -0.4 is 11.1 Å². The monoisotopic (exact) mass is 906 g/mol. The van der Waals surface area contributed by atoms with E-state index in [2.05, 4.69) is 10.1 Å². The van der Waals surface area contributed by atoms with E-state index in [-0.39, 0.29) is 47.6 Å². The van der Waals surface area contributed by atoms with Crippen LogP contribution in [0.25, 0.3) is 0 Å². The topological polar surface area (TPSA) is 300 Å². The molecule has 2 aliphatic rings. The van der Waals surface area contributed by atoms with Crippen LogP contribution >= 0.6 is 12.4 Å². The largest absolute Gasteiger partial charge is 0.481 e. The Morgan fingerprint density at radius 1 is 0.733 bits per heavy atom. The lowest BCUT2D eigenvalue weighted by Gasteiger charge is -2.41. The number of halogens is 1. The van der Waals surface area contributed by atoms with Gasteiger partial charge in [-0.3, -0.25) is 34.6 Å². The Balaban J connectivity index is 0.000000491. The highest BCUT2D eigenvalue weighted by molar-refractivity contribution is 7.90. The molecule has 0 bridgehead atoms. The quantitative estimate of drug-likeness (QED) is 0.102. The van der Waals surface area contributed by atoms with E-state index in [0.29, 0.717) is 63.4 Å². The van der Waals surface area contributed by atoms with Gasteiger partial charge >= 0.3 is 17.9 Å². The van der Waals surface area contributed by atoms with Crippen molar-refractivity contribution in [3.63, 3.8) is 0 Å². The van der Waals surface area contributed by atoms with Crippen LogP contribution in [0.1, 0.15) is 75.3 Å². The van der Waals surface area contributed by atoms with Crippen LogP contribution in [-0.4, -0.2) is 106 Å². The summed E-state index contributed by atoms with van der Waals surface area (Å²) in [6.45, 7) is 0. The first-order valence-corrected chi connectivity index (χ1v) is 22.9. The molecule has 0 aromatic heterocycles. The molecular formula is C38H55ClN4O15S2. The molecule has 336 valence electrons. The number of nitrogens with one attached hydrogen (secondary N) is 1. The zero-order chi connectivity index (χ0) is 44.6. The Hall–Kier alpha value is -4.73. The molecule has 0 saturated heterocycles. The number of non-ortho nitro benzene ring substituents is 2. The van der Waals surface area contributed by atoms with E-state index in [1.807, 2.05) is 0 Å². The van der Waals surface area contributed by atoms with Crippen LogP contribution in [0.3, 0.4) is 0 Å². The fourth-order valence-corrected chi connectivity index (χ4v) is 7.93. The summed E-state index contributed by atoms with van der Waals surface area (Å²) in [5.74, 6) is -2.04. The highest BCUT2D eigenvalue weighted by Gasteiger charge is 2.45. The van der Waals surface area contributed by atoms with Gasteiger partial charge in [0, 0.05) is 60.1 Å². The van der Waals surface area contributed by atoms with Gasteiger partial charge in [0.1, 0.15) is 31.8 Å². The number of benzene rings is 2. The SMILES string of the molecule is COC(=O)C(N)Cc1ccc([N+](=O)[O-])cc1.COC(=O)[C@H](Cc1ccc([N+](=O)[O-])cc1)NC(=O)C1(CCCS(C)(=O)=O)CCC1.CS(=O)(=O)CCCC1(C(=O)O)CCC1.Cl. The number of nitrogens with two attached hydrogens (primary N) is 1. The number of carboxylic acids is 1. The van der Waals surface area contributed by atoms with Gasteiger partial charge in [-0.05, 0) is 68.9 Å². The normalized spacial score (nSPS) is 15.8. The van der Waals surface area contributed by atoms with Gasteiger partial charge in [0.05, 0.1) is 29.5 Å². The van der Waals surface area contributed by atoms with E-state index in [1.165, 1.54) is 56.9 Å². The van der Waals surface area contributed by atoms with Crippen LogP contribution in [0.4, 0.5) is 11.4 Å². The maximum atomic E-state index is 12.9. The molecular weight excluding hydrogens is 852 g/mol. The molecule has 22 heteroatoms.